The molecule has 1 fully saturated rings. The van der Waals surface area contributed by atoms with Crippen molar-refractivity contribution in [2.75, 3.05) is 43.1 Å². The number of halogens is 1. The molecule has 220 valence electrons. The third-order valence-electron chi connectivity index (χ3n) is 7.18. The second-order valence-corrected chi connectivity index (χ2v) is 17.7. The van der Waals surface area contributed by atoms with Gasteiger partial charge in [-0.3, -0.25) is 4.79 Å². The first-order chi connectivity index (χ1) is 20.2. The van der Waals surface area contributed by atoms with E-state index in [0.717, 1.165) is 60.2 Å². The maximum atomic E-state index is 12.1. The second-order valence-electron chi connectivity index (χ2n) is 11.7. The van der Waals surface area contributed by atoms with Gasteiger partial charge >= 0.3 is 0 Å². The highest BCUT2D eigenvalue weighted by molar-refractivity contribution is 6.76. The van der Waals surface area contributed by atoms with Crippen LogP contribution in [0.1, 0.15) is 5.56 Å². The van der Waals surface area contributed by atoms with Crippen molar-refractivity contribution in [2.45, 2.75) is 38.8 Å². The molecular formula is C32H38ClN5O3Si. The zero-order chi connectivity index (χ0) is 29.7. The molecule has 0 bridgehead atoms. The monoisotopic (exact) mass is 603 g/mol. The van der Waals surface area contributed by atoms with Crippen molar-refractivity contribution in [3.05, 3.63) is 78.0 Å². The number of hydrogen-bond acceptors (Lipinski definition) is 7. The van der Waals surface area contributed by atoms with Crippen molar-refractivity contribution in [3.8, 4) is 11.3 Å². The molecule has 3 heterocycles. The average molecular weight is 604 g/mol. The molecule has 1 aliphatic heterocycles. The minimum Gasteiger partial charge on any atom is -0.378 e. The Bertz CT molecular complexity index is 1580. The average Bonchev–Trinajstić information content (AvgIpc) is 3.30. The molecule has 0 amide bonds. The van der Waals surface area contributed by atoms with Crippen LogP contribution in [0.3, 0.4) is 0 Å². The van der Waals surface area contributed by atoms with Gasteiger partial charge in [0.2, 0.25) is 5.95 Å². The molecule has 8 nitrogen and oxygen atoms in total. The Morgan fingerprint density at radius 2 is 1.93 bits per heavy atom. The van der Waals surface area contributed by atoms with Gasteiger partial charge in [0.15, 0.2) is 5.78 Å². The largest absolute Gasteiger partial charge is 0.378 e. The molecule has 2 aromatic heterocycles. The lowest BCUT2D eigenvalue weighted by Gasteiger charge is -2.29. The van der Waals surface area contributed by atoms with E-state index in [2.05, 4.69) is 48.6 Å². The van der Waals surface area contributed by atoms with E-state index in [4.69, 9.17) is 31.0 Å². The molecular weight excluding hydrogens is 566 g/mol. The molecule has 10 heteroatoms. The summed E-state index contributed by atoms with van der Waals surface area (Å²) in [5.74, 6) is 0.407. The topological polar surface area (TPSA) is 81.5 Å². The van der Waals surface area contributed by atoms with Crippen LogP contribution in [0.2, 0.25) is 30.7 Å². The Morgan fingerprint density at radius 1 is 1.14 bits per heavy atom. The van der Waals surface area contributed by atoms with Crippen molar-refractivity contribution in [3.63, 3.8) is 0 Å². The highest BCUT2D eigenvalue weighted by Gasteiger charge is 2.20. The fraction of sp³-hybridized carbons (Fsp3) is 0.344. The zero-order valence-corrected chi connectivity index (χ0v) is 26.3. The van der Waals surface area contributed by atoms with E-state index in [1.54, 1.807) is 0 Å². The molecule has 0 saturated carbocycles. The summed E-state index contributed by atoms with van der Waals surface area (Å²) in [6.45, 7) is 14.8. The highest BCUT2D eigenvalue weighted by atomic mass is 35.5. The van der Waals surface area contributed by atoms with E-state index < -0.39 is 8.07 Å². The summed E-state index contributed by atoms with van der Waals surface area (Å²) >= 11 is 6.83. The summed E-state index contributed by atoms with van der Waals surface area (Å²) in [4.78, 5) is 24.3. The summed E-state index contributed by atoms with van der Waals surface area (Å²) in [6, 6.07) is 17.1. The number of ether oxygens (including phenoxy) is 2. The maximum Gasteiger partial charge on any atom is 0.229 e. The van der Waals surface area contributed by atoms with Crippen LogP contribution in [0.5, 0.6) is 0 Å². The molecule has 5 rings (SSSR count). The molecule has 1 aliphatic rings. The molecule has 0 unspecified atom stereocenters. The molecule has 42 heavy (non-hydrogen) atoms. The minimum atomic E-state index is -1.22. The standard InChI is InChI=1S/C32H38ClN5O3Si/c1-5-27(39)19-23-8-6-9-24(18-23)30-29-28(33)21-38(22-41-16-17-42(2,3)4)31(29)36-32(35-30)34-25-10-7-11-26(20-25)37-12-14-40-15-13-37/h5-11,18,20-21H,1,12-17,19,22H2,2-4H3,(H,34,35,36). The van der Waals surface area contributed by atoms with E-state index in [1.807, 2.05) is 47.2 Å². The van der Waals surface area contributed by atoms with Gasteiger partial charge in [0, 0.05) is 57.3 Å². The molecule has 2 aromatic carbocycles. The van der Waals surface area contributed by atoms with Crippen LogP contribution in [0.4, 0.5) is 17.3 Å². The number of carbonyl (C=O) groups excluding carboxylic acids is 1. The first-order valence-corrected chi connectivity index (χ1v) is 18.4. The van der Waals surface area contributed by atoms with E-state index in [9.17, 15) is 4.79 Å². The Morgan fingerprint density at radius 3 is 2.69 bits per heavy atom. The Kier molecular flexibility index (Phi) is 9.42. The lowest BCUT2D eigenvalue weighted by atomic mass is 10.0. The number of allylic oxidation sites excluding steroid dienone is 1. The third kappa shape index (κ3) is 7.46. The summed E-state index contributed by atoms with van der Waals surface area (Å²) in [5.41, 5.74) is 5.09. The first kappa shape index (κ1) is 30.0. The lowest BCUT2D eigenvalue weighted by Crippen LogP contribution is -2.36. The number of benzene rings is 2. The second kappa shape index (κ2) is 13.2. The normalized spacial score (nSPS) is 13.9. The number of nitrogens with one attached hydrogen (secondary N) is 1. The number of fused-ring (bicyclic) bond motifs is 1. The van der Waals surface area contributed by atoms with Crippen LogP contribution in [0.15, 0.2) is 67.4 Å². The predicted molar refractivity (Wildman–Crippen MR) is 174 cm³/mol. The van der Waals surface area contributed by atoms with Crippen LogP contribution < -0.4 is 10.2 Å². The van der Waals surface area contributed by atoms with Crippen molar-refractivity contribution in [1.29, 1.82) is 0 Å². The van der Waals surface area contributed by atoms with Gasteiger partial charge in [-0.25, -0.2) is 4.98 Å². The first-order valence-electron chi connectivity index (χ1n) is 14.3. The number of rotatable bonds is 12. The number of ketones is 1. The van der Waals surface area contributed by atoms with Gasteiger partial charge in [0.25, 0.3) is 0 Å². The Labute approximate surface area is 253 Å². The van der Waals surface area contributed by atoms with E-state index >= 15 is 0 Å². The number of anilines is 3. The maximum absolute atomic E-state index is 12.1. The third-order valence-corrected chi connectivity index (χ3v) is 9.17. The fourth-order valence-electron chi connectivity index (χ4n) is 4.88. The predicted octanol–water partition coefficient (Wildman–Crippen LogP) is 6.94. The highest BCUT2D eigenvalue weighted by Crippen LogP contribution is 2.35. The van der Waals surface area contributed by atoms with Crippen LogP contribution >= 0.6 is 11.6 Å². The van der Waals surface area contributed by atoms with Crippen LogP contribution in [-0.2, 0) is 27.4 Å². The summed E-state index contributed by atoms with van der Waals surface area (Å²) < 4.78 is 13.5. The Balaban J connectivity index is 1.53. The zero-order valence-electron chi connectivity index (χ0n) is 24.5. The van der Waals surface area contributed by atoms with Crippen molar-refractivity contribution < 1.29 is 14.3 Å². The van der Waals surface area contributed by atoms with E-state index in [1.165, 1.54) is 6.08 Å². The van der Waals surface area contributed by atoms with Gasteiger partial charge in [-0.2, -0.15) is 4.98 Å². The number of hydrogen-bond donors (Lipinski definition) is 1. The van der Waals surface area contributed by atoms with Crippen LogP contribution in [0.25, 0.3) is 22.3 Å². The molecule has 0 spiro atoms. The number of nitrogens with zero attached hydrogens (tertiary/aromatic N) is 4. The number of carbonyl (C=O) groups is 1. The van der Waals surface area contributed by atoms with Gasteiger partial charge in [-0.1, -0.05) is 62.1 Å². The molecule has 0 radical (unpaired) electrons. The van der Waals surface area contributed by atoms with Gasteiger partial charge < -0.3 is 24.3 Å². The summed E-state index contributed by atoms with van der Waals surface area (Å²) in [7, 11) is -1.22. The van der Waals surface area contributed by atoms with Crippen molar-refractivity contribution >= 4 is 53.8 Å². The van der Waals surface area contributed by atoms with Gasteiger partial charge in [0.05, 0.1) is 29.3 Å². The molecule has 1 N–H and O–H groups in total. The molecule has 0 aliphatic carbocycles. The summed E-state index contributed by atoms with van der Waals surface area (Å²) in [5, 5.41) is 4.71. The molecule has 1 saturated heterocycles. The smallest absolute Gasteiger partial charge is 0.229 e. The van der Waals surface area contributed by atoms with Gasteiger partial charge in [-0.15, -0.1) is 0 Å². The van der Waals surface area contributed by atoms with Crippen molar-refractivity contribution in [1.82, 2.24) is 14.5 Å². The number of morpholine rings is 1. The molecule has 0 atom stereocenters. The summed E-state index contributed by atoms with van der Waals surface area (Å²) in [6.07, 6.45) is 3.47. The molecule has 4 aromatic rings. The van der Waals surface area contributed by atoms with Crippen LogP contribution in [-0.4, -0.2) is 61.3 Å². The quantitative estimate of drug-likeness (QED) is 0.107. The SMILES string of the molecule is C=CC(=O)Cc1cccc(-c2nc(Nc3cccc(N4CCOCC4)c3)nc3c2c(Cl)cn3COCC[Si](C)(C)C)c1. The Hall–Kier alpha value is -3.50. The van der Waals surface area contributed by atoms with Gasteiger partial charge in [0.1, 0.15) is 12.4 Å². The van der Waals surface area contributed by atoms with Gasteiger partial charge in [-0.05, 0) is 41.9 Å². The van der Waals surface area contributed by atoms with E-state index in [-0.39, 0.29) is 12.2 Å². The van der Waals surface area contributed by atoms with Crippen LogP contribution in [0, 0.1) is 0 Å². The fourth-order valence-corrected chi connectivity index (χ4v) is 5.93. The van der Waals surface area contributed by atoms with E-state index in [0.29, 0.717) is 35.6 Å². The number of aromatic nitrogens is 3. The van der Waals surface area contributed by atoms with Crippen molar-refractivity contribution in [2.24, 2.45) is 0 Å². The minimum absolute atomic E-state index is 0.0397. The lowest BCUT2D eigenvalue weighted by molar-refractivity contribution is -0.114.